The van der Waals surface area contributed by atoms with E-state index in [1.165, 1.54) is 5.57 Å². The lowest BCUT2D eigenvalue weighted by molar-refractivity contribution is 0.591. The van der Waals surface area contributed by atoms with Crippen molar-refractivity contribution in [3.63, 3.8) is 0 Å². The normalized spacial score (nSPS) is 11.7. The number of halogens is 1. The molecule has 0 radical (unpaired) electrons. The first kappa shape index (κ1) is 9.41. The summed E-state index contributed by atoms with van der Waals surface area (Å²) in [4.78, 5) is 0. The van der Waals surface area contributed by atoms with Crippen LogP contribution in [0.25, 0.3) is 0 Å². The smallest absolute Gasteiger partial charge is 0.0931 e. The van der Waals surface area contributed by atoms with Gasteiger partial charge in [0.15, 0.2) is 0 Å². The lowest BCUT2D eigenvalue weighted by atomic mass is 10.1. The van der Waals surface area contributed by atoms with Crippen molar-refractivity contribution < 1.29 is 4.39 Å². The fourth-order valence-electron chi connectivity index (χ4n) is 0.783. The molecule has 0 bridgehead atoms. The molecule has 0 amide bonds. The van der Waals surface area contributed by atoms with E-state index in [2.05, 4.69) is 19.6 Å². The Morgan fingerprint density at radius 3 is 2.50 bits per heavy atom. The summed E-state index contributed by atoms with van der Waals surface area (Å²) in [7, 11) is 0. The van der Waals surface area contributed by atoms with Crippen LogP contribution in [0.3, 0.4) is 0 Å². The monoisotopic (exact) mass is 142 g/mol. The quantitative estimate of drug-likeness (QED) is 0.526. The summed E-state index contributed by atoms with van der Waals surface area (Å²) in [5.74, 6) is -0.219. The van der Waals surface area contributed by atoms with Gasteiger partial charge in [-0.15, -0.1) is 0 Å². The summed E-state index contributed by atoms with van der Waals surface area (Å²) in [5.41, 5.74) is 1.25. The van der Waals surface area contributed by atoms with E-state index in [0.29, 0.717) is 6.42 Å². The van der Waals surface area contributed by atoms with E-state index in [-0.39, 0.29) is 5.83 Å². The predicted molar refractivity (Wildman–Crippen MR) is 43.5 cm³/mol. The Bertz CT molecular complexity index is 134. The maximum Gasteiger partial charge on any atom is 0.0931 e. The average Bonchev–Trinajstić information content (AvgIpc) is 1.85. The molecule has 0 fully saturated rings. The molecule has 0 aromatic heterocycles. The number of hydrogen-bond donors (Lipinski definition) is 0. The largest absolute Gasteiger partial charge is 0.212 e. The summed E-state index contributed by atoms with van der Waals surface area (Å²) in [6.45, 7) is 7.29. The van der Waals surface area contributed by atoms with Gasteiger partial charge in [0.25, 0.3) is 0 Å². The van der Waals surface area contributed by atoms with Gasteiger partial charge in [0, 0.05) is 6.42 Å². The van der Waals surface area contributed by atoms with Crippen LogP contribution in [0.4, 0.5) is 4.39 Å². The zero-order valence-corrected chi connectivity index (χ0v) is 6.78. The zero-order valence-electron chi connectivity index (χ0n) is 6.78. The van der Waals surface area contributed by atoms with E-state index in [1.807, 2.05) is 6.92 Å². The van der Waals surface area contributed by atoms with Crippen LogP contribution < -0.4 is 0 Å². The molecule has 0 rings (SSSR count). The third-order valence-corrected chi connectivity index (χ3v) is 1.34. The molecule has 0 unspecified atom stereocenters. The number of allylic oxidation sites excluding steroid dienone is 3. The zero-order chi connectivity index (χ0) is 7.98. The first-order valence-electron chi connectivity index (χ1n) is 3.65. The van der Waals surface area contributed by atoms with Gasteiger partial charge >= 0.3 is 0 Å². The second-order valence-electron chi connectivity index (χ2n) is 2.48. The van der Waals surface area contributed by atoms with E-state index in [4.69, 9.17) is 0 Å². The minimum Gasteiger partial charge on any atom is -0.212 e. The summed E-state index contributed by atoms with van der Waals surface area (Å²) in [6, 6.07) is 0. The molecule has 0 nitrogen and oxygen atoms in total. The van der Waals surface area contributed by atoms with Crippen molar-refractivity contribution in [2.24, 2.45) is 0 Å². The molecule has 1 heteroatoms. The molecule has 0 N–H and O–H groups in total. The van der Waals surface area contributed by atoms with E-state index < -0.39 is 0 Å². The molecule has 0 saturated heterocycles. The maximum absolute atomic E-state index is 12.1. The molecule has 58 valence electrons. The fourth-order valence-corrected chi connectivity index (χ4v) is 0.783. The van der Waals surface area contributed by atoms with Gasteiger partial charge in [-0.05, 0) is 19.8 Å². The highest BCUT2D eigenvalue weighted by Crippen LogP contribution is 2.10. The van der Waals surface area contributed by atoms with Crippen LogP contribution >= 0.6 is 0 Å². The van der Waals surface area contributed by atoms with E-state index >= 15 is 0 Å². The molecule has 0 heterocycles. The van der Waals surface area contributed by atoms with Crippen LogP contribution in [0.2, 0.25) is 0 Å². The van der Waals surface area contributed by atoms with Gasteiger partial charge in [-0.3, -0.25) is 0 Å². The van der Waals surface area contributed by atoms with Crippen LogP contribution in [0.1, 0.15) is 33.1 Å². The van der Waals surface area contributed by atoms with E-state index in [1.54, 1.807) is 0 Å². The van der Waals surface area contributed by atoms with Gasteiger partial charge in [0.2, 0.25) is 0 Å². The van der Waals surface area contributed by atoms with E-state index in [9.17, 15) is 4.39 Å². The minimum absolute atomic E-state index is 0.219. The molecule has 10 heavy (non-hydrogen) atoms. The Hall–Kier alpha value is -0.590. The predicted octanol–water partition coefficient (Wildman–Crippen LogP) is 3.61. The molecule has 0 atom stereocenters. The Labute approximate surface area is 62.4 Å². The third kappa shape index (κ3) is 5.54. The van der Waals surface area contributed by atoms with Crippen LogP contribution in [0.15, 0.2) is 24.1 Å². The van der Waals surface area contributed by atoms with Gasteiger partial charge in [0.1, 0.15) is 0 Å². The Morgan fingerprint density at radius 2 is 2.10 bits per heavy atom. The second kappa shape index (κ2) is 5.21. The standard InChI is InChI=1S/C9H15F/c1-4-5-8(2)6-7-9(3)10/h5H,3-4,6-7H2,1-2H3. The van der Waals surface area contributed by atoms with Gasteiger partial charge < -0.3 is 0 Å². The topological polar surface area (TPSA) is 0 Å². The van der Waals surface area contributed by atoms with Gasteiger partial charge in [0.05, 0.1) is 5.83 Å². The van der Waals surface area contributed by atoms with Crippen molar-refractivity contribution in [1.29, 1.82) is 0 Å². The van der Waals surface area contributed by atoms with Crippen molar-refractivity contribution in [3.05, 3.63) is 24.1 Å². The minimum atomic E-state index is -0.219. The van der Waals surface area contributed by atoms with Crippen molar-refractivity contribution in [2.75, 3.05) is 0 Å². The summed E-state index contributed by atoms with van der Waals surface area (Å²) < 4.78 is 12.1. The highest BCUT2D eigenvalue weighted by Gasteiger charge is 1.91. The van der Waals surface area contributed by atoms with Crippen molar-refractivity contribution >= 4 is 0 Å². The maximum atomic E-state index is 12.1. The summed E-state index contributed by atoms with van der Waals surface area (Å²) in [6.07, 6.45) is 4.43. The Morgan fingerprint density at radius 1 is 1.50 bits per heavy atom. The summed E-state index contributed by atoms with van der Waals surface area (Å²) in [5, 5.41) is 0. The molecule has 0 aromatic carbocycles. The van der Waals surface area contributed by atoms with Crippen LogP contribution in [-0.4, -0.2) is 0 Å². The molecule has 0 aliphatic rings. The molecule has 0 saturated carbocycles. The van der Waals surface area contributed by atoms with Crippen LogP contribution in [0, 0.1) is 0 Å². The highest BCUT2D eigenvalue weighted by molar-refractivity contribution is 4.99. The lowest BCUT2D eigenvalue weighted by Crippen LogP contribution is -1.77. The van der Waals surface area contributed by atoms with Crippen molar-refractivity contribution in [1.82, 2.24) is 0 Å². The molecule has 0 aliphatic heterocycles. The van der Waals surface area contributed by atoms with Crippen LogP contribution in [-0.2, 0) is 0 Å². The third-order valence-electron chi connectivity index (χ3n) is 1.34. The Kier molecular flexibility index (Phi) is 4.91. The fraction of sp³-hybridized carbons (Fsp3) is 0.556. The van der Waals surface area contributed by atoms with Gasteiger partial charge in [-0.2, -0.15) is 0 Å². The van der Waals surface area contributed by atoms with Crippen LogP contribution in [0.5, 0.6) is 0 Å². The molecular formula is C9H15F. The first-order chi connectivity index (χ1) is 4.66. The highest BCUT2D eigenvalue weighted by atomic mass is 19.1. The van der Waals surface area contributed by atoms with E-state index in [0.717, 1.165) is 12.8 Å². The molecule has 0 spiro atoms. The van der Waals surface area contributed by atoms with Gasteiger partial charge in [-0.1, -0.05) is 25.2 Å². The second-order valence-corrected chi connectivity index (χ2v) is 2.48. The lowest BCUT2D eigenvalue weighted by Gasteiger charge is -1.96. The molecule has 0 aromatic rings. The molecular weight excluding hydrogens is 127 g/mol. The average molecular weight is 142 g/mol. The first-order valence-corrected chi connectivity index (χ1v) is 3.65. The summed E-state index contributed by atoms with van der Waals surface area (Å²) >= 11 is 0. The number of hydrogen-bond acceptors (Lipinski definition) is 0. The number of rotatable bonds is 4. The van der Waals surface area contributed by atoms with Gasteiger partial charge in [-0.25, -0.2) is 4.39 Å². The SMILES string of the molecule is C=C(F)CCC(C)=CCC. The van der Waals surface area contributed by atoms with Crippen molar-refractivity contribution in [2.45, 2.75) is 33.1 Å². The Balaban J connectivity index is 3.48. The van der Waals surface area contributed by atoms with Crippen molar-refractivity contribution in [3.8, 4) is 0 Å². The molecule has 0 aliphatic carbocycles.